The molecule has 3 rings (SSSR count). The molecule has 96 valence electrons. The molecule has 0 saturated carbocycles. The van der Waals surface area contributed by atoms with Crippen LogP contribution in [0.1, 0.15) is 12.5 Å². The third-order valence-electron chi connectivity index (χ3n) is 2.99. The van der Waals surface area contributed by atoms with Gasteiger partial charge in [-0.15, -0.1) is 0 Å². The molecule has 0 aliphatic rings. The number of hydrogen-bond donors (Lipinski definition) is 1. The molecule has 1 aromatic heterocycles. The molecular formula is C15H13FN2S. The zero-order valence-corrected chi connectivity index (χ0v) is 11.3. The number of hydrogen-bond acceptors (Lipinski definition) is 3. The Morgan fingerprint density at radius 3 is 2.89 bits per heavy atom. The maximum Gasteiger partial charge on any atom is 0.188 e. The van der Waals surface area contributed by atoms with Gasteiger partial charge in [0.2, 0.25) is 0 Å². The van der Waals surface area contributed by atoms with Crippen molar-refractivity contribution in [3.8, 4) is 0 Å². The smallest absolute Gasteiger partial charge is 0.188 e. The van der Waals surface area contributed by atoms with E-state index in [9.17, 15) is 4.39 Å². The van der Waals surface area contributed by atoms with Gasteiger partial charge in [0.15, 0.2) is 5.13 Å². The van der Waals surface area contributed by atoms with Crippen molar-refractivity contribution in [2.75, 3.05) is 5.32 Å². The van der Waals surface area contributed by atoms with Gasteiger partial charge >= 0.3 is 0 Å². The summed E-state index contributed by atoms with van der Waals surface area (Å²) in [6.07, 6.45) is 0.961. The van der Waals surface area contributed by atoms with E-state index < -0.39 is 0 Å². The third kappa shape index (κ3) is 2.44. The Labute approximate surface area is 114 Å². The molecule has 2 nitrogen and oxygen atoms in total. The summed E-state index contributed by atoms with van der Waals surface area (Å²) in [4.78, 5) is 4.41. The molecule has 4 heteroatoms. The average molecular weight is 272 g/mol. The second kappa shape index (κ2) is 4.97. The largest absolute Gasteiger partial charge is 0.331 e. The van der Waals surface area contributed by atoms with E-state index in [4.69, 9.17) is 0 Å². The van der Waals surface area contributed by atoms with Crippen molar-refractivity contribution >= 4 is 32.4 Å². The van der Waals surface area contributed by atoms with Gasteiger partial charge in [-0.25, -0.2) is 9.37 Å². The van der Waals surface area contributed by atoms with Crippen LogP contribution < -0.4 is 5.32 Å². The number of rotatable bonds is 3. The Morgan fingerprint density at radius 1 is 1.21 bits per heavy atom. The minimum absolute atomic E-state index is 0.252. The molecule has 1 heterocycles. The number of nitrogens with one attached hydrogen (secondary N) is 1. The molecule has 0 atom stereocenters. The molecule has 1 N–H and O–H groups in total. The Kier molecular flexibility index (Phi) is 3.17. The van der Waals surface area contributed by atoms with E-state index >= 15 is 0 Å². The lowest BCUT2D eigenvalue weighted by Gasteiger charge is -2.07. The molecular weight excluding hydrogens is 259 g/mol. The first kappa shape index (κ1) is 12.1. The maximum atomic E-state index is 13.1. The number of halogens is 1. The van der Waals surface area contributed by atoms with Gasteiger partial charge in [-0.3, -0.25) is 0 Å². The van der Waals surface area contributed by atoms with Gasteiger partial charge in [0.1, 0.15) is 5.82 Å². The maximum absolute atomic E-state index is 13.1. The van der Waals surface area contributed by atoms with Gasteiger partial charge in [0.05, 0.1) is 10.2 Å². The number of fused-ring (bicyclic) bond motifs is 1. The van der Waals surface area contributed by atoms with Gasteiger partial charge < -0.3 is 5.32 Å². The minimum Gasteiger partial charge on any atom is -0.331 e. The average Bonchev–Trinajstić information content (AvgIpc) is 2.80. The second-order valence-corrected chi connectivity index (χ2v) is 5.30. The summed E-state index contributed by atoms with van der Waals surface area (Å²) in [5.41, 5.74) is 3.00. The van der Waals surface area contributed by atoms with Crippen LogP contribution >= 0.6 is 11.3 Å². The first-order valence-electron chi connectivity index (χ1n) is 6.17. The van der Waals surface area contributed by atoms with Crippen molar-refractivity contribution in [1.82, 2.24) is 4.98 Å². The summed E-state index contributed by atoms with van der Waals surface area (Å²) in [5.74, 6) is -0.252. The highest BCUT2D eigenvalue weighted by Gasteiger charge is 2.06. The van der Waals surface area contributed by atoms with Gasteiger partial charge in [-0.05, 0) is 30.2 Å². The Balaban J connectivity index is 1.96. The fraction of sp³-hybridized carbons (Fsp3) is 0.133. The Hall–Kier alpha value is -1.94. The number of thiazole rings is 1. The lowest BCUT2D eigenvalue weighted by atomic mass is 10.1. The summed E-state index contributed by atoms with van der Waals surface area (Å²) in [7, 11) is 0. The van der Waals surface area contributed by atoms with Crippen molar-refractivity contribution in [2.45, 2.75) is 13.3 Å². The predicted molar refractivity (Wildman–Crippen MR) is 78.7 cm³/mol. The Bertz CT molecular complexity index is 721. The molecule has 0 amide bonds. The fourth-order valence-electron chi connectivity index (χ4n) is 2.02. The SMILES string of the molecule is CCc1ccccc1Nc1nc2cc(F)ccc2s1. The molecule has 0 bridgehead atoms. The standard InChI is InChI=1S/C15H13FN2S/c1-2-10-5-3-4-6-12(10)17-15-18-13-9-11(16)7-8-14(13)19-15/h3-9H,2H2,1H3,(H,17,18). The molecule has 0 radical (unpaired) electrons. The van der Waals surface area contributed by atoms with Crippen LogP contribution in [0.3, 0.4) is 0 Å². The first-order valence-corrected chi connectivity index (χ1v) is 6.99. The lowest BCUT2D eigenvalue weighted by molar-refractivity contribution is 0.629. The van der Waals surface area contributed by atoms with Crippen LogP contribution in [0.5, 0.6) is 0 Å². The summed E-state index contributed by atoms with van der Waals surface area (Å²) in [5, 5.41) is 4.11. The fourth-order valence-corrected chi connectivity index (χ4v) is 2.88. The highest BCUT2D eigenvalue weighted by atomic mass is 32.1. The van der Waals surface area contributed by atoms with E-state index in [-0.39, 0.29) is 5.82 Å². The minimum atomic E-state index is -0.252. The monoisotopic (exact) mass is 272 g/mol. The van der Waals surface area contributed by atoms with Crippen molar-refractivity contribution in [3.63, 3.8) is 0 Å². The van der Waals surface area contributed by atoms with E-state index in [1.165, 1.54) is 29.0 Å². The van der Waals surface area contributed by atoms with E-state index in [1.807, 2.05) is 18.2 Å². The quantitative estimate of drug-likeness (QED) is 0.744. The number of anilines is 2. The predicted octanol–water partition coefficient (Wildman–Crippen LogP) is 4.74. The number of para-hydroxylation sites is 1. The van der Waals surface area contributed by atoms with E-state index in [0.29, 0.717) is 5.52 Å². The number of aromatic nitrogens is 1. The van der Waals surface area contributed by atoms with E-state index in [0.717, 1.165) is 21.9 Å². The second-order valence-electron chi connectivity index (χ2n) is 4.27. The summed E-state index contributed by atoms with van der Waals surface area (Å²) in [6, 6.07) is 12.8. The molecule has 3 aromatic rings. The topological polar surface area (TPSA) is 24.9 Å². The van der Waals surface area contributed by atoms with E-state index in [1.54, 1.807) is 6.07 Å². The van der Waals surface area contributed by atoms with Crippen LogP contribution in [0.2, 0.25) is 0 Å². The van der Waals surface area contributed by atoms with Crippen LogP contribution in [0.25, 0.3) is 10.2 Å². The van der Waals surface area contributed by atoms with Crippen molar-refractivity contribution in [2.24, 2.45) is 0 Å². The van der Waals surface area contributed by atoms with Crippen LogP contribution in [0, 0.1) is 5.82 Å². The van der Waals surface area contributed by atoms with Crippen LogP contribution in [-0.4, -0.2) is 4.98 Å². The molecule has 0 saturated heterocycles. The van der Waals surface area contributed by atoms with Crippen molar-refractivity contribution < 1.29 is 4.39 Å². The van der Waals surface area contributed by atoms with Gasteiger partial charge in [0, 0.05) is 11.8 Å². The van der Waals surface area contributed by atoms with E-state index in [2.05, 4.69) is 23.3 Å². The van der Waals surface area contributed by atoms with Crippen LogP contribution in [-0.2, 0) is 6.42 Å². The third-order valence-corrected chi connectivity index (χ3v) is 3.94. The van der Waals surface area contributed by atoms with Crippen molar-refractivity contribution in [3.05, 3.63) is 53.8 Å². The normalized spacial score (nSPS) is 10.8. The zero-order chi connectivity index (χ0) is 13.2. The molecule has 0 fully saturated rings. The molecule has 0 aliphatic heterocycles. The highest BCUT2D eigenvalue weighted by Crippen LogP contribution is 2.29. The first-order chi connectivity index (χ1) is 9.26. The number of nitrogens with zero attached hydrogens (tertiary/aromatic N) is 1. The summed E-state index contributed by atoms with van der Waals surface area (Å²) < 4.78 is 14.1. The van der Waals surface area contributed by atoms with Gasteiger partial charge in [-0.1, -0.05) is 36.5 Å². The Morgan fingerprint density at radius 2 is 2.05 bits per heavy atom. The molecule has 2 aromatic carbocycles. The van der Waals surface area contributed by atoms with Gasteiger partial charge in [0.25, 0.3) is 0 Å². The molecule has 0 aliphatic carbocycles. The van der Waals surface area contributed by atoms with Crippen LogP contribution in [0.4, 0.5) is 15.2 Å². The molecule has 19 heavy (non-hydrogen) atoms. The molecule has 0 unspecified atom stereocenters. The van der Waals surface area contributed by atoms with Crippen molar-refractivity contribution in [1.29, 1.82) is 0 Å². The zero-order valence-electron chi connectivity index (χ0n) is 10.5. The highest BCUT2D eigenvalue weighted by molar-refractivity contribution is 7.22. The summed E-state index contributed by atoms with van der Waals surface area (Å²) >= 11 is 1.53. The molecule has 0 spiro atoms. The number of benzene rings is 2. The number of aryl methyl sites for hydroxylation is 1. The summed E-state index contributed by atoms with van der Waals surface area (Å²) in [6.45, 7) is 2.12. The van der Waals surface area contributed by atoms with Crippen LogP contribution in [0.15, 0.2) is 42.5 Å². The lowest BCUT2D eigenvalue weighted by Crippen LogP contribution is -1.93. The van der Waals surface area contributed by atoms with Gasteiger partial charge in [-0.2, -0.15) is 0 Å².